The topological polar surface area (TPSA) is 38.8 Å². The van der Waals surface area contributed by atoms with Crippen molar-refractivity contribution in [1.29, 1.82) is 0 Å². The van der Waals surface area contributed by atoms with Crippen LogP contribution in [0.5, 0.6) is 0 Å². The Labute approximate surface area is 156 Å². The van der Waals surface area contributed by atoms with Crippen molar-refractivity contribution < 1.29 is 4.79 Å². The van der Waals surface area contributed by atoms with Gasteiger partial charge in [0.05, 0.1) is 6.54 Å². The van der Waals surface area contributed by atoms with Crippen LogP contribution in [0.3, 0.4) is 0 Å². The zero-order valence-corrected chi connectivity index (χ0v) is 16.5. The summed E-state index contributed by atoms with van der Waals surface area (Å²) in [5.74, 6) is 0. The Bertz CT molecular complexity index is 549. The first kappa shape index (κ1) is 18.7. The maximum absolute atomic E-state index is 12.6. The number of urea groups is 1. The van der Waals surface area contributed by atoms with E-state index in [1.54, 1.807) is 11.3 Å². The molecule has 2 aliphatic rings. The Hall–Kier alpha value is -1.11. The van der Waals surface area contributed by atoms with Crippen LogP contribution in [-0.2, 0) is 6.54 Å². The molecule has 1 aliphatic heterocycles. The van der Waals surface area contributed by atoms with E-state index in [4.69, 9.17) is 0 Å². The van der Waals surface area contributed by atoms with E-state index < -0.39 is 0 Å². The summed E-state index contributed by atoms with van der Waals surface area (Å²) in [5, 5.41) is 5.27. The number of amides is 2. The smallest absolute Gasteiger partial charge is 0.317 e. The van der Waals surface area contributed by atoms with E-state index in [0.29, 0.717) is 6.04 Å². The van der Waals surface area contributed by atoms with Crippen molar-refractivity contribution in [1.82, 2.24) is 20.0 Å². The average molecular weight is 365 g/mol. The van der Waals surface area contributed by atoms with E-state index in [1.165, 1.54) is 23.5 Å². The van der Waals surface area contributed by atoms with Gasteiger partial charge in [-0.1, -0.05) is 6.92 Å². The quantitative estimate of drug-likeness (QED) is 0.721. The molecule has 2 fully saturated rings. The molecule has 0 aromatic carbocycles. The molecule has 140 valence electrons. The lowest BCUT2D eigenvalue weighted by Gasteiger charge is -2.34. The van der Waals surface area contributed by atoms with Crippen molar-refractivity contribution >= 4 is 17.4 Å². The van der Waals surface area contributed by atoms with Gasteiger partial charge >= 0.3 is 6.03 Å². The molecule has 1 N–H and O–H groups in total. The Morgan fingerprint density at radius 2 is 2.00 bits per heavy atom. The third kappa shape index (κ3) is 5.43. The molecule has 1 saturated heterocycles. The van der Waals surface area contributed by atoms with Crippen LogP contribution in [0.4, 0.5) is 4.79 Å². The summed E-state index contributed by atoms with van der Waals surface area (Å²) in [6, 6.07) is 2.70. The van der Waals surface area contributed by atoms with Gasteiger partial charge in [0, 0.05) is 43.6 Å². The summed E-state index contributed by atoms with van der Waals surface area (Å²) >= 11 is 1.76. The molecule has 6 heteroatoms. The highest BCUT2D eigenvalue weighted by molar-refractivity contribution is 7.10. The highest BCUT2D eigenvalue weighted by Gasteiger charge is 2.32. The van der Waals surface area contributed by atoms with Gasteiger partial charge in [0.15, 0.2) is 0 Å². The van der Waals surface area contributed by atoms with Crippen molar-refractivity contribution in [3.05, 3.63) is 21.9 Å². The van der Waals surface area contributed by atoms with Gasteiger partial charge in [0.1, 0.15) is 0 Å². The molecule has 0 spiro atoms. The SMILES string of the molecule is CCN1CCN(CCCNC(=O)N(Cc2sccc2C)C2CC2)CC1. The molecule has 0 atom stereocenters. The number of carbonyl (C=O) groups is 1. The summed E-state index contributed by atoms with van der Waals surface area (Å²) in [5.41, 5.74) is 1.30. The van der Waals surface area contributed by atoms with Gasteiger partial charge in [0.25, 0.3) is 0 Å². The van der Waals surface area contributed by atoms with E-state index in [2.05, 4.69) is 40.4 Å². The number of nitrogens with zero attached hydrogens (tertiary/aromatic N) is 3. The molecule has 5 nitrogen and oxygen atoms in total. The predicted octanol–water partition coefficient (Wildman–Crippen LogP) is 2.76. The van der Waals surface area contributed by atoms with Crippen molar-refractivity contribution in [2.24, 2.45) is 0 Å². The van der Waals surface area contributed by atoms with Crippen LogP contribution in [-0.4, -0.2) is 72.6 Å². The third-order valence-electron chi connectivity index (χ3n) is 5.37. The minimum absolute atomic E-state index is 0.117. The Morgan fingerprint density at radius 3 is 2.60 bits per heavy atom. The second-order valence-electron chi connectivity index (χ2n) is 7.25. The van der Waals surface area contributed by atoms with Crippen LogP contribution in [0.15, 0.2) is 11.4 Å². The van der Waals surface area contributed by atoms with Crippen molar-refractivity contribution in [2.45, 2.75) is 45.7 Å². The molecular formula is C19H32N4OS. The van der Waals surface area contributed by atoms with E-state index in [0.717, 1.165) is 58.5 Å². The Kier molecular flexibility index (Phi) is 6.73. The van der Waals surface area contributed by atoms with Crippen LogP contribution in [0, 0.1) is 6.92 Å². The lowest BCUT2D eigenvalue weighted by Crippen LogP contribution is -2.47. The van der Waals surface area contributed by atoms with Crippen molar-refractivity contribution in [3.8, 4) is 0 Å². The summed E-state index contributed by atoms with van der Waals surface area (Å²) < 4.78 is 0. The second kappa shape index (κ2) is 9.01. The molecule has 3 rings (SSSR count). The standard InChI is InChI=1S/C19H32N4OS/c1-3-21-10-12-22(13-11-21)9-4-8-20-19(24)23(17-5-6-17)15-18-16(2)7-14-25-18/h7,14,17H,3-6,8-13,15H2,1-2H3,(H,20,24). The predicted molar refractivity (Wildman–Crippen MR) is 104 cm³/mol. The third-order valence-corrected chi connectivity index (χ3v) is 6.38. The number of nitrogens with one attached hydrogen (secondary N) is 1. The lowest BCUT2D eigenvalue weighted by molar-refractivity contribution is 0.136. The van der Waals surface area contributed by atoms with Crippen LogP contribution in [0.1, 0.15) is 36.6 Å². The molecule has 2 heterocycles. The zero-order valence-electron chi connectivity index (χ0n) is 15.7. The first-order valence-corrected chi connectivity index (χ1v) is 10.6. The van der Waals surface area contributed by atoms with Gasteiger partial charge in [-0.05, 0) is 56.3 Å². The molecule has 1 aliphatic carbocycles. The largest absolute Gasteiger partial charge is 0.338 e. The lowest BCUT2D eigenvalue weighted by atomic mass is 10.2. The number of aryl methyl sites for hydroxylation is 1. The van der Waals surface area contributed by atoms with E-state index >= 15 is 0 Å². The zero-order chi connectivity index (χ0) is 17.6. The normalized spacial score (nSPS) is 19.1. The minimum atomic E-state index is 0.117. The fourth-order valence-corrected chi connectivity index (χ4v) is 4.31. The number of likely N-dealkylation sites (N-methyl/N-ethyl adjacent to an activating group) is 1. The summed E-state index contributed by atoms with van der Waals surface area (Å²) in [4.78, 5) is 21.0. The molecular weight excluding hydrogens is 332 g/mol. The highest BCUT2D eigenvalue weighted by Crippen LogP contribution is 2.30. The number of hydrogen-bond donors (Lipinski definition) is 1. The molecule has 0 bridgehead atoms. The van der Waals surface area contributed by atoms with Crippen LogP contribution in [0.25, 0.3) is 0 Å². The molecule has 0 unspecified atom stereocenters. The summed E-state index contributed by atoms with van der Waals surface area (Å²) in [6.07, 6.45) is 3.34. The van der Waals surface area contributed by atoms with Crippen molar-refractivity contribution in [2.75, 3.05) is 45.8 Å². The fraction of sp³-hybridized carbons (Fsp3) is 0.737. The number of carbonyl (C=O) groups excluding carboxylic acids is 1. The molecule has 0 radical (unpaired) electrons. The first-order valence-electron chi connectivity index (χ1n) is 9.69. The molecule has 25 heavy (non-hydrogen) atoms. The van der Waals surface area contributed by atoms with Gasteiger partial charge in [-0.25, -0.2) is 4.79 Å². The molecule has 1 aromatic rings. The van der Waals surface area contributed by atoms with E-state index in [9.17, 15) is 4.79 Å². The van der Waals surface area contributed by atoms with Crippen molar-refractivity contribution in [3.63, 3.8) is 0 Å². The van der Waals surface area contributed by atoms with Crippen LogP contribution in [0.2, 0.25) is 0 Å². The van der Waals surface area contributed by atoms with E-state index in [-0.39, 0.29) is 6.03 Å². The van der Waals surface area contributed by atoms with Crippen LogP contribution < -0.4 is 5.32 Å². The average Bonchev–Trinajstić information content (AvgIpc) is 3.39. The summed E-state index contributed by atoms with van der Waals surface area (Å²) in [7, 11) is 0. The number of piperazine rings is 1. The van der Waals surface area contributed by atoms with Gasteiger partial charge in [-0.2, -0.15) is 0 Å². The van der Waals surface area contributed by atoms with Gasteiger partial charge in [0.2, 0.25) is 0 Å². The monoisotopic (exact) mass is 364 g/mol. The number of thiophene rings is 1. The molecule has 1 saturated carbocycles. The Balaban J connectivity index is 1.37. The number of rotatable bonds is 8. The maximum atomic E-state index is 12.6. The number of hydrogen-bond acceptors (Lipinski definition) is 4. The highest BCUT2D eigenvalue weighted by atomic mass is 32.1. The van der Waals surface area contributed by atoms with E-state index in [1.807, 2.05) is 4.90 Å². The molecule has 1 aromatic heterocycles. The van der Waals surface area contributed by atoms with Gasteiger partial charge in [-0.15, -0.1) is 11.3 Å². The summed E-state index contributed by atoms with van der Waals surface area (Å²) in [6.45, 7) is 12.8. The minimum Gasteiger partial charge on any atom is -0.338 e. The maximum Gasteiger partial charge on any atom is 0.317 e. The second-order valence-corrected chi connectivity index (χ2v) is 8.25. The van der Waals surface area contributed by atoms with Crippen LogP contribution >= 0.6 is 11.3 Å². The first-order chi connectivity index (χ1) is 12.2. The molecule has 2 amide bonds. The fourth-order valence-electron chi connectivity index (χ4n) is 3.40. The van der Waals surface area contributed by atoms with Gasteiger partial charge < -0.3 is 20.0 Å². The Morgan fingerprint density at radius 1 is 1.28 bits per heavy atom. The van der Waals surface area contributed by atoms with Gasteiger partial charge in [-0.3, -0.25) is 0 Å².